The number of ether oxygens (including phenoxy) is 1. The third kappa shape index (κ3) is 2.73. The normalized spacial score (nSPS) is 16.2. The highest BCUT2D eigenvalue weighted by Crippen LogP contribution is 2.33. The van der Waals surface area contributed by atoms with E-state index in [0.717, 1.165) is 40.8 Å². The topological polar surface area (TPSA) is 58.6 Å². The van der Waals surface area contributed by atoms with Crippen molar-refractivity contribution in [3.05, 3.63) is 28.3 Å². The minimum absolute atomic E-state index is 0.349. The number of rotatable bonds is 5. The highest BCUT2D eigenvalue weighted by molar-refractivity contribution is 5.77. The molecule has 1 unspecified atom stereocenters. The van der Waals surface area contributed by atoms with Crippen LogP contribution in [0.3, 0.4) is 0 Å². The molecule has 0 radical (unpaired) electrons. The first-order valence-corrected chi connectivity index (χ1v) is 6.59. The number of carboxylic acids is 1. The number of carboxylic acid groups (broad SMARTS) is 1. The second-order valence-electron chi connectivity index (χ2n) is 5.27. The van der Waals surface area contributed by atoms with Crippen molar-refractivity contribution in [2.24, 2.45) is 0 Å². The third-order valence-corrected chi connectivity index (χ3v) is 3.84. The Morgan fingerprint density at radius 3 is 2.47 bits per heavy atom. The largest absolute Gasteiger partial charge is 0.496 e. The van der Waals surface area contributed by atoms with Crippen molar-refractivity contribution in [3.8, 4) is 5.75 Å². The summed E-state index contributed by atoms with van der Waals surface area (Å²) in [5, 5.41) is 12.7. The van der Waals surface area contributed by atoms with Crippen LogP contribution in [0.1, 0.15) is 41.1 Å². The number of methoxy groups -OCH3 is 1. The minimum atomic E-state index is -0.817. The second-order valence-corrected chi connectivity index (χ2v) is 5.27. The van der Waals surface area contributed by atoms with E-state index in [0.29, 0.717) is 6.04 Å². The highest BCUT2D eigenvalue weighted by atomic mass is 16.5. The summed E-state index contributed by atoms with van der Waals surface area (Å²) >= 11 is 0. The zero-order valence-electron chi connectivity index (χ0n) is 11.9. The monoisotopic (exact) mass is 263 g/mol. The number of aryl methyl sites for hydroxylation is 1. The SMILES string of the molecule is COc1cc(C)c(C(NC2CC2)C(=O)O)c(C)c1C. The van der Waals surface area contributed by atoms with E-state index in [-0.39, 0.29) is 0 Å². The molecule has 1 aliphatic rings. The van der Waals surface area contributed by atoms with E-state index in [1.165, 1.54) is 0 Å². The fraction of sp³-hybridized carbons (Fsp3) is 0.533. The molecule has 1 aromatic carbocycles. The van der Waals surface area contributed by atoms with E-state index >= 15 is 0 Å². The minimum Gasteiger partial charge on any atom is -0.496 e. The van der Waals surface area contributed by atoms with Gasteiger partial charge in [0, 0.05) is 6.04 Å². The van der Waals surface area contributed by atoms with Crippen LogP contribution in [0.15, 0.2) is 6.07 Å². The van der Waals surface area contributed by atoms with Crippen molar-refractivity contribution in [1.82, 2.24) is 5.32 Å². The highest BCUT2D eigenvalue weighted by Gasteiger charge is 2.31. The summed E-state index contributed by atoms with van der Waals surface area (Å²) in [5.74, 6) is -0.00280. The smallest absolute Gasteiger partial charge is 0.325 e. The van der Waals surface area contributed by atoms with Gasteiger partial charge < -0.3 is 9.84 Å². The summed E-state index contributed by atoms with van der Waals surface area (Å²) in [6.45, 7) is 5.87. The van der Waals surface area contributed by atoms with Crippen LogP contribution in [0.25, 0.3) is 0 Å². The summed E-state index contributed by atoms with van der Waals surface area (Å²) in [7, 11) is 1.64. The first kappa shape index (κ1) is 13.9. The van der Waals surface area contributed by atoms with Gasteiger partial charge in [-0.05, 0) is 61.9 Å². The summed E-state index contributed by atoms with van der Waals surface area (Å²) in [6, 6.07) is 1.64. The van der Waals surface area contributed by atoms with Crippen molar-refractivity contribution in [3.63, 3.8) is 0 Å². The average molecular weight is 263 g/mol. The van der Waals surface area contributed by atoms with E-state index in [9.17, 15) is 9.90 Å². The predicted octanol–water partition coefficient (Wildman–Crippen LogP) is 2.50. The van der Waals surface area contributed by atoms with Gasteiger partial charge in [-0.25, -0.2) is 0 Å². The van der Waals surface area contributed by atoms with E-state index in [2.05, 4.69) is 5.32 Å². The van der Waals surface area contributed by atoms with Crippen molar-refractivity contribution in [2.45, 2.75) is 45.7 Å². The molecule has 1 atom stereocenters. The van der Waals surface area contributed by atoms with Crippen LogP contribution in [0.2, 0.25) is 0 Å². The fourth-order valence-corrected chi connectivity index (χ4v) is 2.49. The molecule has 4 nitrogen and oxygen atoms in total. The van der Waals surface area contributed by atoms with Crippen LogP contribution in [0, 0.1) is 20.8 Å². The molecule has 1 aliphatic carbocycles. The molecule has 2 N–H and O–H groups in total. The van der Waals surface area contributed by atoms with Crippen LogP contribution in [-0.4, -0.2) is 24.2 Å². The zero-order valence-corrected chi connectivity index (χ0v) is 11.9. The summed E-state index contributed by atoms with van der Waals surface area (Å²) < 4.78 is 5.33. The number of aliphatic carboxylic acids is 1. The lowest BCUT2D eigenvalue weighted by atomic mass is 9.92. The lowest BCUT2D eigenvalue weighted by molar-refractivity contribution is -0.139. The lowest BCUT2D eigenvalue weighted by Crippen LogP contribution is -2.31. The maximum Gasteiger partial charge on any atom is 0.325 e. The Kier molecular flexibility index (Phi) is 3.80. The molecule has 0 aliphatic heterocycles. The van der Waals surface area contributed by atoms with Gasteiger partial charge in [-0.2, -0.15) is 0 Å². The zero-order chi connectivity index (χ0) is 14.2. The van der Waals surface area contributed by atoms with Crippen molar-refractivity contribution >= 4 is 5.97 Å². The van der Waals surface area contributed by atoms with Crippen LogP contribution in [0.4, 0.5) is 0 Å². The molecule has 0 bridgehead atoms. The molecule has 4 heteroatoms. The molecule has 19 heavy (non-hydrogen) atoms. The molecule has 0 spiro atoms. The quantitative estimate of drug-likeness (QED) is 0.857. The first-order valence-electron chi connectivity index (χ1n) is 6.59. The number of nitrogens with one attached hydrogen (secondary N) is 1. The maximum absolute atomic E-state index is 11.5. The molecular formula is C15H21NO3. The van der Waals surface area contributed by atoms with Gasteiger partial charge in [0.2, 0.25) is 0 Å². The number of hydrogen-bond acceptors (Lipinski definition) is 3. The Bertz CT molecular complexity index is 507. The van der Waals surface area contributed by atoms with Crippen LogP contribution in [-0.2, 0) is 4.79 Å². The lowest BCUT2D eigenvalue weighted by Gasteiger charge is -2.22. The molecule has 0 aromatic heterocycles. The number of carbonyl (C=O) groups is 1. The maximum atomic E-state index is 11.5. The molecule has 2 rings (SSSR count). The molecule has 1 aromatic rings. The van der Waals surface area contributed by atoms with Gasteiger partial charge in [-0.3, -0.25) is 10.1 Å². The van der Waals surface area contributed by atoms with Gasteiger partial charge in [0.25, 0.3) is 0 Å². The molecule has 0 saturated heterocycles. The molecular weight excluding hydrogens is 242 g/mol. The van der Waals surface area contributed by atoms with Gasteiger partial charge >= 0.3 is 5.97 Å². The van der Waals surface area contributed by atoms with Crippen molar-refractivity contribution in [1.29, 1.82) is 0 Å². The van der Waals surface area contributed by atoms with Gasteiger partial charge in [-0.15, -0.1) is 0 Å². The molecule has 0 heterocycles. The van der Waals surface area contributed by atoms with Crippen LogP contribution >= 0.6 is 0 Å². The number of hydrogen-bond donors (Lipinski definition) is 2. The van der Waals surface area contributed by atoms with Gasteiger partial charge in [0.05, 0.1) is 7.11 Å². The predicted molar refractivity (Wildman–Crippen MR) is 73.7 cm³/mol. The Morgan fingerprint density at radius 2 is 2.00 bits per heavy atom. The fourth-order valence-electron chi connectivity index (χ4n) is 2.49. The summed E-state index contributed by atoms with van der Waals surface area (Å²) in [4.78, 5) is 11.5. The molecule has 0 amide bonds. The molecule has 1 fully saturated rings. The molecule has 1 saturated carbocycles. The van der Waals surface area contributed by atoms with E-state index in [1.807, 2.05) is 26.8 Å². The van der Waals surface area contributed by atoms with Crippen LogP contribution < -0.4 is 10.1 Å². The van der Waals surface area contributed by atoms with Gasteiger partial charge in [0.1, 0.15) is 11.8 Å². The Balaban J connectivity index is 2.46. The molecule has 104 valence electrons. The first-order chi connectivity index (χ1) is 8.95. The third-order valence-electron chi connectivity index (χ3n) is 3.84. The Labute approximate surface area is 113 Å². The van der Waals surface area contributed by atoms with Crippen molar-refractivity contribution in [2.75, 3.05) is 7.11 Å². The second kappa shape index (κ2) is 5.21. The standard InChI is InChI=1S/C15H21NO3/c1-8-7-12(19-4)9(2)10(3)13(8)14(15(17)18)16-11-5-6-11/h7,11,14,16H,5-6H2,1-4H3,(H,17,18). The summed E-state index contributed by atoms with van der Waals surface area (Å²) in [5.41, 5.74) is 3.84. The van der Waals surface area contributed by atoms with Gasteiger partial charge in [-0.1, -0.05) is 0 Å². The van der Waals surface area contributed by atoms with E-state index in [1.54, 1.807) is 7.11 Å². The van der Waals surface area contributed by atoms with Crippen LogP contribution in [0.5, 0.6) is 5.75 Å². The van der Waals surface area contributed by atoms with E-state index in [4.69, 9.17) is 4.74 Å². The Hall–Kier alpha value is -1.55. The Morgan fingerprint density at radius 1 is 1.37 bits per heavy atom. The number of benzene rings is 1. The van der Waals surface area contributed by atoms with E-state index < -0.39 is 12.0 Å². The summed E-state index contributed by atoms with van der Waals surface area (Å²) in [6.07, 6.45) is 2.13. The van der Waals surface area contributed by atoms with Crippen molar-refractivity contribution < 1.29 is 14.6 Å². The van der Waals surface area contributed by atoms with Gasteiger partial charge in [0.15, 0.2) is 0 Å². The average Bonchev–Trinajstić information content (AvgIpc) is 3.16.